The quantitative estimate of drug-likeness (QED) is 0.925. The summed E-state index contributed by atoms with van der Waals surface area (Å²) in [5.74, 6) is -0.372. The molecule has 1 aliphatic heterocycles. The number of rotatable bonds is 4. The van der Waals surface area contributed by atoms with Gasteiger partial charge in [0.15, 0.2) is 0 Å². The number of nitrogens with zero attached hydrogens (tertiary/aromatic N) is 1. The summed E-state index contributed by atoms with van der Waals surface area (Å²) in [6.07, 6.45) is -3.85. The van der Waals surface area contributed by atoms with E-state index in [0.717, 1.165) is 10.6 Å². The molecule has 1 aromatic rings. The molecule has 1 atom stereocenters. The summed E-state index contributed by atoms with van der Waals surface area (Å²) in [5.41, 5.74) is 3.09. The van der Waals surface area contributed by atoms with E-state index in [9.17, 15) is 18.0 Å². The average Bonchev–Trinajstić information content (AvgIpc) is 2.67. The van der Waals surface area contributed by atoms with Gasteiger partial charge in [0, 0.05) is 12.0 Å². The van der Waals surface area contributed by atoms with Crippen molar-refractivity contribution in [2.45, 2.75) is 57.8 Å². The van der Waals surface area contributed by atoms with Gasteiger partial charge in [-0.2, -0.15) is 13.2 Å². The molecule has 122 valence electrons. The van der Waals surface area contributed by atoms with Crippen LogP contribution in [0, 0.1) is 0 Å². The van der Waals surface area contributed by atoms with Gasteiger partial charge in [0.2, 0.25) is 5.91 Å². The molecule has 1 aromatic carbocycles. The second-order valence-electron chi connectivity index (χ2n) is 6.28. The van der Waals surface area contributed by atoms with Gasteiger partial charge in [-0.3, -0.25) is 10.2 Å². The van der Waals surface area contributed by atoms with Gasteiger partial charge in [-0.05, 0) is 37.8 Å². The second kappa shape index (κ2) is 5.91. The van der Waals surface area contributed by atoms with Crippen LogP contribution in [0.5, 0.6) is 0 Å². The molecule has 2 rings (SSSR count). The van der Waals surface area contributed by atoms with Gasteiger partial charge in [0.25, 0.3) is 0 Å². The smallest absolute Gasteiger partial charge is 0.288 e. The Hall–Kier alpha value is -1.56. The Morgan fingerprint density at radius 2 is 1.86 bits per heavy atom. The lowest BCUT2D eigenvalue weighted by molar-refractivity contribution is -0.200. The van der Waals surface area contributed by atoms with Crippen LogP contribution in [0.2, 0.25) is 0 Å². The van der Waals surface area contributed by atoms with Gasteiger partial charge in [0.05, 0.1) is 0 Å². The first-order valence-electron chi connectivity index (χ1n) is 7.37. The van der Waals surface area contributed by atoms with Crippen LogP contribution in [-0.4, -0.2) is 28.7 Å². The summed E-state index contributed by atoms with van der Waals surface area (Å²) in [6.45, 7) is 5.22. The molecule has 0 spiro atoms. The standard InChI is InChI=1S/C16H21F3N2O/c1-4-11-7-5-6-8-12(11)9-13(16(17,18)19)21-15(2,3)10-14(22)20-21/h5-8,13H,4,9-10H2,1-3H3,(H,20,22). The lowest BCUT2D eigenvalue weighted by Gasteiger charge is -2.38. The molecule has 0 aliphatic carbocycles. The van der Waals surface area contributed by atoms with Gasteiger partial charge < -0.3 is 0 Å². The molecule has 1 saturated heterocycles. The predicted octanol–water partition coefficient (Wildman–Crippen LogP) is 3.24. The van der Waals surface area contributed by atoms with Crippen molar-refractivity contribution in [2.75, 3.05) is 0 Å². The van der Waals surface area contributed by atoms with Crippen LogP contribution >= 0.6 is 0 Å². The number of amides is 1. The fourth-order valence-corrected chi connectivity index (χ4v) is 2.97. The molecular weight excluding hydrogens is 293 g/mol. The minimum absolute atomic E-state index is 0.0645. The van der Waals surface area contributed by atoms with Crippen LogP contribution in [0.3, 0.4) is 0 Å². The second-order valence-corrected chi connectivity index (χ2v) is 6.28. The summed E-state index contributed by atoms with van der Waals surface area (Å²) < 4.78 is 40.7. The minimum Gasteiger partial charge on any atom is -0.288 e. The Labute approximate surface area is 128 Å². The van der Waals surface area contributed by atoms with E-state index in [0.29, 0.717) is 12.0 Å². The van der Waals surface area contributed by atoms with Crippen LogP contribution in [0.4, 0.5) is 13.2 Å². The Bertz CT molecular complexity index is 555. The maximum atomic E-state index is 13.6. The van der Waals surface area contributed by atoms with Gasteiger partial charge in [-0.25, -0.2) is 5.01 Å². The fourth-order valence-electron chi connectivity index (χ4n) is 2.97. The molecule has 1 N–H and O–H groups in total. The van der Waals surface area contributed by atoms with E-state index in [4.69, 9.17) is 0 Å². The molecule has 22 heavy (non-hydrogen) atoms. The number of benzene rings is 1. The van der Waals surface area contributed by atoms with Crippen molar-refractivity contribution in [3.8, 4) is 0 Å². The highest BCUT2D eigenvalue weighted by Crippen LogP contribution is 2.35. The van der Waals surface area contributed by atoms with E-state index < -0.39 is 17.8 Å². The molecule has 1 amide bonds. The first-order chi connectivity index (χ1) is 10.1. The zero-order valence-corrected chi connectivity index (χ0v) is 13.0. The molecular formula is C16H21F3N2O. The van der Waals surface area contributed by atoms with Crippen molar-refractivity contribution in [2.24, 2.45) is 0 Å². The highest BCUT2D eigenvalue weighted by Gasteiger charge is 2.52. The molecule has 0 radical (unpaired) electrons. The molecule has 0 saturated carbocycles. The number of hydrogen-bond donors (Lipinski definition) is 1. The van der Waals surface area contributed by atoms with Crippen molar-refractivity contribution in [1.82, 2.24) is 10.4 Å². The third-order valence-corrected chi connectivity index (χ3v) is 4.09. The van der Waals surface area contributed by atoms with Crippen molar-refractivity contribution in [1.29, 1.82) is 0 Å². The SMILES string of the molecule is CCc1ccccc1CC(N1NC(=O)CC1(C)C)C(F)(F)F. The number of carbonyl (C=O) groups is 1. The largest absolute Gasteiger partial charge is 0.406 e. The summed E-state index contributed by atoms with van der Waals surface area (Å²) in [5, 5.41) is 1.07. The Morgan fingerprint density at radius 1 is 1.27 bits per heavy atom. The number of alkyl halides is 3. The summed E-state index contributed by atoms with van der Waals surface area (Å²) in [4.78, 5) is 11.6. The van der Waals surface area contributed by atoms with Crippen LogP contribution in [0.1, 0.15) is 38.3 Å². The molecule has 1 heterocycles. The third-order valence-electron chi connectivity index (χ3n) is 4.09. The molecule has 1 fully saturated rings. The van der Waals surface area contributed by atoms with Crippen molar-refractivity contribution < 1.29 is 18.0 Å². The lowest BCUT2D eigenvalue weighted by atomic mass is 9.94. The maximum Gasteiger partial charge on any atom is 0.406 e. The Morgan fingerprint density at radius 3 is 2.32 bits per heavy atom. The maximum absolute atomic E-state index is 13.6. The summed E-state index contributed by atoms with van der Waals surface area (Å²) in [7, 11) is 0. The van der Waals surface area contributed by atoms with Crippen LogP contribution in [0.15, 0.2) is 24.3 Å². The predicted molar refractivity (Wildman–Crippen MR) is 78.0 cm³/mol. The highest BCUT2D eigenvalue weighted by atomic mass is 19.4. The zero-order chi connectivity index (χ0) is 16.5. The Balaban J connectivity index is 2.34. The van der Waals surface area contributed by atoms with E-state index in [-0.39, 0.29) is 18.7 Å². The molecule has 3 nitrogen and oxygen atoms in total. The molecule has 0 aromatic heterocycles. The number of carbonyl (C=O) groups excluding carboxylic acids is 1. The van der Waals surface area contributed by atoms with Crippen molar-refractivity contribution in [3.05, 3.63) is 35.4 Å². The van der Waals surface area contributed by atoms with E-state index in [1.807, 2.05) is 19.1 Å². The summed E-state index contributed by atoms with van der Waals surface area (Å²) in [6, 6.07) is 5.41. The molecule has 0 bridgehead atoms. The fraction of sp³-hybridized carbons (Fsp3) is 0.562. The monoisotopic (exact) mass is 314 g/mol. The lowest BCUT2D eigenvalue weighted by Crippen LogP contribution is -2.57. The van der Waals surface area contributed by atoms with Crippen LogP contribution in [0.25, 0.3) is 0 Å². The van der Waals surface area contributed by atoms with Gasteiger partial charge in [-0.1, -0.05) is 31.2 Å². The van der Waals surface area contributed by atoms with E-state index in [1.54, 1.807) is 26.0 Å². The van der Waals surface area contributed by atoms with Gasteiger partial charge in [-0.15, -0.1) is 0 Å². The zero-order valence-electron chi connectivity index (χ0n) is 13.0. The molecule has 6 heteroatoms. The summed E-state index contributed by atoms with van der Waals surface area (Å²) >= 11 is 0. The average molecular weight is 314 g/mol. The number of hydrazine groups is 1. The number of nitrogens with one attached hydrogen (secondary N) is 1. The normalized spacial score (nSPS) is 20.0. The molecule has 1 unspecified atom stereocenters. The number of hydrogen-bond acceptors (Lipinski definition) is 2. The number of aryl methyl sites for hydroxylation is 1. The van der Waals surface area contributed by atoms with E-state index in [2.05, 4.69) is 5.43 Å². The van der Waals surface area contributed by atoms with Crippen LogP contribution in [-0.2, 0) is 17.6 Å². The first-order valence-corrected chi connectivity index (χ1v) is 7.37. The van der Waals surface area contributed by atoms with Crippen molar-refractivity contribution >= 4 is 5.91 Å². The molecule has 1 aliphatic rings. The van der Waals surface area contributed by atoms with Gasteiger partial charge in [0.1, 0.15) is 6.04 Å². The third kappa shape index (κ3) is 3.43. The van der Waals surface area contributed by atoms with Crippen LogP contribution < -0.4 is 5.43 Å². The topological polar surface area (TPSA) is 32.3 Å². The van der Waals surface area contributed by atoms with Gasteiger partial charge >= 0.3 is 6.18 Å². The van der Waals surface area contributed by atoms with Crippen molar-refractivity contribution in [3.63, 3.8) is 0 Å². The Kier molecular flexibility index (Phi) is 4.52. The minimum atomic E-state index is -4.42. The van der Waals surface area contributed by atoms with E-state index in [1.165, 1.54) is 0 Å². The van der Waals surface area contributed by atoms with E-state index >= 15 is 0 Å². The highest BCUT2D eigenvalue weighted by molar-refractivity contribution is 5.79. The first kappa shape index (κ1) is 16.8. The number of halogens is 3.